The fourth-order valence-electron chi connectivity index (χ4n) is 0.956. The molecule has 0 saturated carbocycles. The number of alkyl halides is 3. The molecule has 0 bridgehead atoms. The summed E-state index contributed by atoms with van der Waals surface area (Å²) in [5, 5.41) is 4.71. The Morgan fingerprint density at radius 2 is 1.81 bits per heavy atom. The van der Waals surface area contributed by atoms with Crippen molar-refractivity contribution in [3.05, 3.63) is 18.2 Å². The van der Waals surface area contributed by atoms with Crippen LogP contribution in [0.3, 0.4) is 0 Å². The van der Waals surface area contributed by atoms with Crippen molar-refractivity contribution in [2.75, 3.05) is 5.73 Å². The predicted octanol–water partition coefficient (Wildman–Crippen LogP) is 0.815. The molecule has 0 heterocycles. The van der Waals surface area contributed by atoms with Gasteiger partial charge in [-0.2, -0.15) is 0 Å². The summed E-state index contributed by atoms with van der Waals surface area (Å²) in [5.74, 6) is -0.913. The molecular weight excluding hydrogens is 249 g/mol. The van der Waals surface area contributed by atoms with Gasteiger partial charge in [0, 0.05) is 5.69 Å². The van der Waals surface area contributed by atoms with Gasteiger partial charge in [-0.25, -0.2) is 13.6 Å². The number of nitrogens with two attached hydrogens (primary N) is 2. The van der Waals surface area contributed by atoms with Crippen molar-refractivity contribution in [2.24, 2.45) is 5.14 Å². The molecule has 0 unspecified atom stereocenters. The van der Waals surface area contributed by atoms with Crippen molar-refractivity contribution in [3.8, 4) is 5.75 Å². The fraction of sp³-hybridized carbons (Fsp3) is 0.143. The maximum atomic E-state index is 11.9. The SMILES string of the molecule is Nc1ccc(OC(F)(F)F)c(S(N)(=O)=O)c1. The van der Waals surface area contributed by atoms with Crippen LogP contribution in [0.1, 0.15) is 0 Å². The molecule has 5 nitrogen and oxygen atoms in total. The molecule has 0 amide bonds. The Morgan fingerprint density at radius 3 is 2.25 bits per heavy atom. The Bertz CT molecular complexity index is 498. The average molecular weight is 256 g/mol. The van der Waals surface area contributed by atoms with Crippen molar-refractivity contribution in [1.29, 1.82) is 0 Å². The van der Waals surface area contributed by atoms with Crippen LogP contribution < -0.4 is 15.6 Å². The van der Waals surface area contributed by atoms with Crippen molar-refractivity contribution in [3.63, 3.8) is 0 Å². The zero-order valence-electron chi connectivity index (χ0n) is 7.65. The zero-order valence-corrected chi connectivity index (χ0v) is 8.47. The minimum Gasteiger partial charge on any atom is -0.404 e. The minimum atomic E-state index is -5.00. The Morgan fingerprint density at radius 1 is 1.25 bits per heavy atom. The van der Waals surface area contributed by atoms with Crippen molar-refractivity contribution in [2.45, 2.75) is 11.3 Å². The summed E-state index contributed by atoms with van der Waals surface area (Å²) in [5.41, 5.74) is 5.19. The van der Waals surface area contributed by atoms with E-state index in [1.165, 1.54) is 0 Å². The number of hydrogen-bond donors (Lipinski definition) is 2. The van der Waals surface area contributed by atoms with E-state index in [4.69, 9.17) is 10.9 Å². The molecule has 0 spiro atoms. The second kappa shape index (κ2) is 3.83. The molecule has 0 saturated heterocycles. The maximum Gasteiger partial charge on any atom is 0.573 e. The van der Waals surface area contributed by atoms with Crippen LogP contribution in [-0.4, -0.2) is 14.8 Å². The first-order valence-corrected chi connectivity index (χ1v) is 5.32. The van der Waals surface area contributed by atoms with E-state index in [0.29, 0.717) is 0 Å². The van der Waals surface area contributed by atoms with Crippen LogP contribution in [0.15, 0.2) is 23.1 Å². The van der Waals surface area contributed by atoms with E-state index in [-0.39, 0.29) is 5.69 Å². The molecular formula is C7H7F3N2O3S. The molecule has 0 atom stereocenters. The summed E-state index contributed by atoms with van der Waals surface area (Å²) in [4.78, 5) is -0.815. The minimum absolute atomic E-state index is 0.0430. The number of halogens is 3. The number of rotatable bonds is 2. The summed E-state index contributed by atoms with van der Waals surface area (Å²) in [6.45, 7) is 0. The van der Waals surface area contributed by atoms with Crippen molar-refractivity contribution >= 4 is 15.7 Å². The quantitative estimate of drug-likeness (QED) is 0.765. The highest BCUT2D eigenvalue weighted by Crippen LogP contribution is 2.30. The van der Waals surface area contributed by atoms with Crippen LogP contribution in [-0.2, 0) is 10.0 Å². The zero-order chi connectivity index (χ0) is 12.6. The fourth-order valence-corrected chi connectivity index (χ4v) is 1.65. The summed E-state index contributed by atoms with van der Waals surface area (Å²) in [7, 11) is -4.33. The summed E-state index contributed by atoms with van der Waals surface area (Å²) < 4.78 is 61.2. The van der Waals surface area contributed by atoms with E-state index < -0.39 is 27.0 Å². The molecule has 0 aromatic heterocycles. The molecule has 4 N–H and O–H groups in total. The van der Waals surface area contributed by atoms with E-state index in [1.807, 2.05) is 0 Å². The smallest absolute Gasteiger partial charge is 0.404 e. The number of ether oxygens (including phenoxy) is 1. The van der Waals surface area contributed by atoms with Crippen LogP contribution >= 0.6 is 0 Å². The van der Waals surface area contributed by atoms with Gasteiger partial charge in [-0.1, -0.05) is 0 Å². The van der Waals surface area contributed by atoms with Crippen LogP contribution in [0.25, 0.3) is 0 Å². The molecule has 0 radical (unpaired) electrons. The second-order valence-corrected chi connectivity index (χ2v) is 4.33. The standard InChI is InChI=1S/C7H7F3N2O3S/c8-7(9,10)15-5-2-1-4(11)3-6(5)16(12,13)14/h1-3H,11H2,(H2,12,13,14). The van der Waals surface area contributed by atoms with E-state index in [1.54, 1.807) is 0 Å². The highest BCUT2D eigenvalue weighted by atomic mass is 32.2. The largest absolute Gasteiger partial charge is 0.573 e. The average Bonchev–Trinajstić information content (AvgIpc) is 2.04. The van der Waals surface area contributed by atoms with Crippen LogP contribution in [0.5, 0.6) is 5.75 Å². The first-order chi connectivity index (χ1) is 7.09. The van der Waals surface area contributed by atoms with E-state index >= 15 is 0 Å². The second-order valence-electron chi connectivity index (χ2n) is 2.80. The topological polar surface area (TPSA) is 95.4 Å². The van der Waals surface area contributed by atoms with Gasteiger partial charge in [-0.15, -0.1) is 13.2 Å². The van der Waals surface area contributed by atoms with Gasteiger partial charge in [0.2, 0.25) is 10.0 Å². The third-order valence-corrected chi connectivity index (χ3v) is 2.43. The third-order valence-electron chi connectivity index (χ3n) is 1.50. The number of sulfonamides is 1. The Kier molecular flexibility index (Phi) is 3.01. The molecule has 90 valence electrons. The Hall–Kier alpha value is -1.48. The van der Waals surface area contributed by atoms with Crippen LogP contribution in [0.2, 0.25) is 0 Å². The molecule has 0 aliphatic rings. The van der Waals surface area contributed by atoms with Gasteiger partial charge in [0.15, 0.2) is 0 Å². The Labute approximate surface area is 88.8 Å². The Balaban J connectivity index is 3.30. The van der Waals surface area contributed by atoms with Crippen LogP contribution in [0, 0.1) is 0 Å². The maximum absolute atomic E-state index is 11.9. The lowest BCUT2D eigenvalue weighted by atomic mass is 10.3. The number of hydrogen-bond acceptors (Lipinski definition) is 4. The van der Waals surface area contributed by atoms with Gasteiger partial charge < -0.3 is 10.5 Å². The van der Waals surface area contributed by atoms with Gasteiger partial charge in [0.25, 0.3) is 0 Å². The molecule has 0 aliphatic heterocycles. The van der Waals surface area contributed by atoms with Gasteiger partial charge in [-0.3, -0.25) is 0 Å². The van der Waals surface area contributed by atoms with Gasteiger partial charge in [0.1, 0.15) is 10.6 Å². The third kappa shape index (κ3) is 3.28. The molecule has 16 heavy (non-hydrogen) atoms. The first kappa shape index (κ1) is 12.6. The van der Waals surface area contributed by atoms with Gasteiger partial charge in [0.05, 0.1) is 0 Å². The lowest BCUT2D eigenvalue weighted by Gasteiger charge is -2.12. The summed E-state index contributed by atoms with van der Waals surface area (Å²) in [6.07, 6.45) is -5.00. The van der Waals surface area contributed by atoms with Gasteiger partial charge >= 0.3 is 6.36 Å². The number of anilines is 1. The molecule has 1 aromatic rings. The molecule has 1 rings (SSSR count). The lowest BCUT2D eigenvalue weighted by molar-refractivity contribution is -0.275. The normalized spacial score (nSPS) is 12.5. The van der Waals surface area contributed by atoms with Crippen LogP contribution in [0.4, 0.5) is 18.9 Å². The van der Waals surface area contributed by atoms with Gasteiger partial charge in [-0.05, 0) is 18.2 Å². The molecule has 9 heteroatoms. The lowest BCUT2D eigenvalue weighted by Crippen LogP contribution is -2.21. The number of primary sulfonamides is 1. The summed E-state index contributed by atoms with van der Waals surface area (Å²) >= 11 is 0. The van der Waals surface area contributed by atoms with E-state index in [9.17, 15) is 21.6 Å². The monoisotopic (exact) mass is 256 g/mol. The molecule has 0 aliphatic carbocycles. The van der Waals surface area contributed by atoms with Crippen molar-refractivity contribution < 1.29 is 26.3 Å². The summed E-state index contributed by atoms with van der Waals surface area (Å²) in [6, 6.07) is 2.63. The van der Waals surface area contributed by atoms with E-state index in [2.05, 4.69) is 4.74 Å². The number of benzene rings is 1. The molecule has 1 aromatic carbocycles. The highest BCUT2D eigenvalue weighted by Gasteiger charge is 2.33. The predicted molar refractivity (Wildman–Crippen MR) is 48.9 cm³/mol. The number of nitrogen functional groups attached to an aromatic ring is 1. The highest BCUT2D eigenvalue weighted by molar-refractivity contribution is 7.89. The van der Waals surface area contributed by atoms with E-state index in [0.717, 1.165) is 18.2 Å². The van der Waals surface area contributed by atoms with Crippen molar-refractivity contribution in [1.82, 2.24) is 0 Å². The first-order valence-electron chi connectivity index (χ1n) is 3.78. The molecule has 0 fully saturated rings.